The molecule has 0 spiro atoms. The summed E-state index contributed by atoms with van der Waals surface area (Å²) in [6.45, 7) is 1.23. The molecule has 1 aromatic rings. The fourth-order valence-corrected chi connectivity index (χ4v) is 2.27. The van der Waals surface area contributed by atoms with E-state index in [1.807, 2.05) is 12.1 Å². The van der Waals surface area contributed by atoms with Crippen LogP contribution in [0.15, 0.2) is 22.8 Å². The second-order valence-electron chi connectivity index (χ2n) is 5.36. The number of hydrogen-bond donors (Lipinski definition) is 1. The van der Waals surface area contributed by atoms with Crippen LogP contribution in [0, 0.1) is 0 Å². The number of furan rings is 1. The maximum absolute atomic E-state index is 11.9. The third-order valence-corrected chi connectivity index (χ3v) is 3.58. The molecule has 2 rings (SSSR count). The molecule has 1 atom stereocenters. The lowest BCUT2D eigenvalue weighted by Crippen LogP contribution is -2.44. The molecule has 2 N–H and O–H groups in total. The van der Waals surface area contributed by atoms with Gasteiger partial charge in [0.15, 0.2) is 0 Å². The average Bonchev–Trinajstić information content (AvgIpc) is 3.10. The van der Waals surface area contributed by atoms with Gasteiger partial charge in [-0.25, -0.2) is 0 Å². The number of amides is 1. The van der Waals surface area contributed by atoms with Crippen molar-refractivity contribution in [3.05, 3.63) is 24.2 Å². The number of rotatable bonds is 7. The van der Waals surface area contributed by atoms with Gasteiger partial charge in [-0.05, 0) is 25.0 Å². The van der Waals surface area contributed by atoms with Crippen LogP contribution >= 0.6 is 0 Å². The van der Waals surface area contributed by atoms with Gasteiger partial charge in [0, 0.05) is 39.1 Å². The molecule has 1 aliphatic carbocycles. The first-order valence-electron chi connectivity index (χ1n) is 6.80. The molecule has 1 amide bonds. The first kappa shape index (κ1) is 14.1. The molecular weight excluding hydrogens is 242 g/mol. The highest BCUT2D eigenvalue weighted by atomic mass is 16.3. The van der Waals surface area contributed by atoms with E-state index in [1.165, 1.54) is 12.8 Å². The zero-order chi connectivity index (χ0) is 13.8. The minimum Gasteiger partial charge on any atom is -0.468 e. The number of carbonyl (C=O) groups excluding carboxylic acids is 1. The Balaban J connectivity index is 2.01. The topological polar surface area (TPSA) is 62.7 Å². The first-order chi connectivity index (χ1) is 9.11. The lowest BCUT2D eigenvalue weighted by Gasteiger charge is -2.30. The molecule has 1 heterocycles. The van der Waals surface area contributed by atoms with Gasteiger partial charge in [-0.3, -0.25) is 9.69 Å². The van der Waals surface area contributed by atoms with E-state index < -0.39 is 0 Å². The van der Waals surface area contributed by atoms with Crippen LogP contribution < -0.4 is 5.73 Å². The largest absolute Gasteiger partial charge is 0.468 e. The van der Waals surface area contributed by atoms with E-state index in [0.29, 0.717) is 19.0 Å². The molecule has 5 heteroatoms. The molecule has 1 unspecified atom stereocenters. The lowest BCUT2D eigenvalue weighted by atomic mass is 10.1. The fraction of sp³-hybridized carbons (Fsp3) is 0.643. The average molecular weight is 265 g/mol. The van der Waals surface area contributed by atoms with Crippen LogP contribution in [0.1, 0.15) is 25.0 Å². The maximum atomic E-state index is 11.9. The SMILES string of the molecule is CN(C)C(=O)CC(CN)N(Cc1ccco1)C1CC1. The predicted octanol–water partition coefficient (Wildman–Crippen LogP) is 1.05. The molecule has 1 saturated carbocycles. The molecule has 106 valence electrons. The van der Waals surface area contributed by atoms with Crippen molar-refractivity contribution >= 4 is 5.91 Å². The van der Waals surface area contributed by atoms with Crippen LogP contribution in [0.2, 0.25) is 0 Å². The quantitative estimate of drug-likeness (QED) is 0.800. The number of nitrogens with two attached hydrogens (primary N) is 1. The standard InChI is InChI=1S/C14H23N3O2/c1-16(2)14(18)8-12(9-15)17(11-5-6-11)10-13-4-3-7-19-13/h3-4,7,11-12H,5-6,8-10,15H2,1-2H3. The molecule has 0 saturated heterocycles. The van der Waals surface area contributed by atoms with E-state index in [1.54, 1.807) is 25.3 Å². The Labute approximate surface area is 114 Å². The van der Waals surface area contributed by atoms with Crippen molar-refractivity contribution in [3.63, 3.8) is 0 Å². The lowest BCUT2D eigenvalue weighted by molar-refractivity contribution is -0.130. The van der Waals surface area contributed by atoms with Gasteiger partial charge in [-0.2, -0.15) is 0 Å². The fourth-order valence-electron chi connectivity index (χ4n) is 2.27. The molecule has 19 heavy (non-hydrogen) atoms. The van der Waals surface area contributed by atoms with Gasteiger partial charge in [0.05, 0.1) is 12.8 Å². The van der Waals surface area contributed by atoms with Crippen molar-refractivity contribution in [2.75, 3.05) is 20.6 Å². The summed E-state index contributed by atoms with van der Waals surface area (Å²) < 4.78 is 5.41. The van der Waals surface area contributed by atoms with Crippen molar-refractivity contribution in [2.24, 2.45) is 5.73 Å². The van der Waals surface area contributed by atoms with E-state index in [9.17, 15) is 4.79 Å². The van der Waals surface area contributed by atoms with Crippen LogP contribution in [-0.4, -0.2) is 48.4 Å². The molecule has 1 aliphatic rings. The maximum Gasteiger partial charge on any atom is 0.223 e. The summed E-state index contributed by atoms with van der Waals surface area (Å²) >= 11 is 0. The molecule has 0 radical (unpaired) electrons. The van der Waals surface area contributed by atoms with Crippen molar-refractivity contribution in [3.8, 4) is 0 Å². The van der Waals surface area contributed by atoms with Gasteiger partial charge < -0.3 is 15.1 Å². The van der Waals surface area contributed by atoms with Crippen LogP contribution in [0.25, 0.3) is 0 Å². The number of hydrogen-bond acceptors (Lipinski definition) is 4. The zero-order valence-corrected chi connectivity index (χ0v) is 11.7. The van der Waals surface area contributed by atoms with Crippen LogP contribution in [0.3, 0.4) is 0 Å². The highest BCUT2D eigenvalue weighted by molar-refractivity contribution is 5.76. The molecular formula is C14H23N3O2. The molecule has 5 nitrogen and oxygen atoms in total. The van der Waals surface area contributed by atoms with Gasteiger partial charge in [0.2, 0.25) is 5.91 Å². The van der Waals surface area contributed by atoms with E-state index in [4.69, 9.17) is 10.2 Å². The number of carbonyl (C=O) groups is 1. The third kappa shape index (κ3) is 3.81. The molecule has 0 bridgehead atoms. The second-order valence-corrected chi connectivity index (χ2v) is 5.36. The Morgan fingerprint density at radius 1 is 1.53 bits per heavy atom. The Morgan fingerprint density at radius 3 is 2.74 bits per heavy atom. The van der Waals surface area contributed by atoms with E-state index in [-0.39, 0.29) is 11.9 Å². The summed E-state index contributed by atoms with van der Waals surface area (Å²) in [5.41, 5.74) is 5.87. The zero-order valence-electron chi connectivity index (χ0n) is 11.7. The summed E-state index contributed by atoms with van der Waals surface area (Å²) in [5, 5.41) is 0. The summed E-state index contributed by atoms with van der Waals surface area (Å²) in [6, 6.07) is 4.50. The summed E-state index contributed by atoms with van der Waals surface area (Å²) in [6.07, 6.45) is 4.53. The highest BCUT2D eigenvalue weighted by Crippen LogP contribution is 2.31. The normalized spacial score (nSPS) is 16.6. The number of nitrogens with zero attached hydrogens (tertiary/aromatic N) is 2. The summed E-state index contributed by atoms with van der Waals surface area (Å²) in [5.74, 6) is 1.06. The Morgan fingerprint density at radius 2 is 2.26 bits per heavy atom. The van der Waals surface area contributed by atoms with Crippen molar-refractivity contribution in [2.45, 2.75) is 37.9 Å². The summed E-state index contributed by atoms with van der Waals surface area (Å²) in [7, 11) is 3.56. The van der Waals surface area contributed by atoms with Gasteiger partial charge >= 0.3 is 0 Å². The van der Waals surface area contributed by atoms with Crippen LogP contribution in [0.4, 0.5) is 0 Å². The van der Waals surface area contributed by atoms with Crippen LogP contribution in [-0.2, 0) is 11.3 Å². The summed E-state index contributed by atoms with van der Waals surface area (Å²) in [4.78, 5) is 15.8. The minimum absolute atomic E-state index is 0.0903. The molecule has 1 fully saturated rings. The minimum atomic E-state index is 0.0903. The predicted molar refractivity (Wildman–Crippen MR) is 73.4 cm³/mol. The Kier molecular flexibility index (Phi) is 4.61. The Bertz CT molecular complexity index is 399. The van der Waals surface area contributed by atoms with Crippen molar-refractivity contribution in [1.29, 1.82) is 0 Å². The van der Waals surface area contributed by atoms with E-state index in [0.717, 1.165) is 12.3 Å². The second kappa shape index (κ2) is 6.21. The third-order valence-electron chi connectivity index (χ3n) is 3.58. The first-order valence-corrected chi connectivity index (χ1v) is 6.80. The molecule has 1 aromatic heterocycles. The monoisotopic (exact) mass is 265 g/mol. The van der Waals surface area contributed by atoms with E-state index >= 15 is 0 Å². The van der Waals surface area contributed by atoms with Crippen LogP contribution in [0.5, 0.6) is 0 Å². The molecule has 0 aromatic carbocycles. The van der Waals surface area contributed by atoms with Gasteiger partial charge in [-0.15, -0.1) is 0 Å². The smallest absolute Gasteiger partial charge is 0.223 e. The highest BCUT2D eigenvalue weighted by Gasteiger charge is 2.34. The van der Waals surface area contributed by atoms with Gasteiger partial charge in [0.25, 0.3) is 0 Å². The van der Waals surface area contributed by atoms with Gasteiger partial charge in [0.1, 0.15) is 5.76 Å². The van der Waals surface area contributed by atoms with Crippen molar-refractivity contribution < 1.29 is 9.21 Å². The van der Waals surface area contributed by atoms with Crippen molar-refractivity contribution in [1.82, 2.24) is 9.80 Å². The molecule has 0 aliphatic heterocycles. The van der Waals surface area contributed by atoms with E-state index in [2.05, 4.69) is 4.90 Å². The van der Waals surface area contributed by atoms with Gasteiger partial charge in [-0.1, -0.05) is 0 Å². The Hall–Kier alpha value is -1.33.